The summed E-state index contributed by atoms with van der Waals surface area (Å²) in [6, 6.07) is 11.9. The number of aliphatic carboxylic acids is 1. The minimum absolute atomic E-state index is 0.0415. The van der Waals surface area contributed by atoms with Gasteiger partial charge in [0.2, 0.25) is 5.91 Å². The Hall–Kier alpha value is -3.06. The van der Waals surface area contributed by atoms with Gasteiger partial charge in [0.05, 0.1) is 24.7 Å². The summed E-state index contributed by atoms with van der Waals surface area (Å²) < 4.78 is 13.2. The van der Waals surface area contributed by atoms with Gasteiger partial charge in [-0.25, -0.2) is 4.39 Å². The van der Waals surface area contributed by atoms with Crippen LogP contribution in [0.1, 0.15) is 23.1 Å². The van der Waals surface area contributed by atoms with E-state index in [1.165, 1.54) is 12.1 Å². The molecular weight excluding hydrogens is 361 g/mol. The van der Waals surface area contributed by atoms with Crippen LogP contribution in [0.4, 0.5) is 10.1 Å². The van der Waals surface area contributed by atoms with Gasteiger partial charge in [-0.15, -0.1) is 0 Å². The van der Waals surface area contributed by atoms with Gasteiger partial charge >= 0.3 is 5.97 Å². The molecule has 4 rings (SSSR count). The summed E-state index contributed by atoms with van der Waals surface area (Å²) in [5.74, 6) is -1.51. The highest BCUT2D eigenvalue weighted by Gasteiger charge is 2.29. The summed E-state index contributed by atoms with van der Waals surface area (Å²) in [5, 5.41) is 11.8. The van der Waals surface area contributed by atoms with Gasteiger partial charge in [0.15, 0.2) is 0 Å². The van der Waals surface area contributed by atoms with Crippen molar-refractivity contribution in [2.24, 2.45) is 10.9 Å². The zero-order valence-corrected chi connectivity index (χ0v) is 15.2. The van der Waals surface area contributed by atoms with Gasteiger partial charge in [-0.2, -0.15) is 0 Å². The van der Waals surface area contributed by atoms with Crippen molar-refractivity contribution in [1.29, 1.82) is 0 Å². The Labute approximate surface area is 161 Å². The third-order valence-electron chi connectivity index (χ3n) is 5.16. The van der Waals surface area contributed by atoms with Crippen molar-refractivity contribution in [3.8, 4) is 0 Å². The molecule has 0 aromatic heterocycles. The summed E-state index contributed by atoms with van der Waals surface area (Å²) >= 11 is 0. The smallest absolute Gasteiger partial charge is 0.317 e. The minimum Gasteiger partial charge on any atom is -0.480 e. The van der Waals surface area contributed by atoms with Crippen LogP contribution in [-0.4, -0.2) is 47.2 Å². The number of nitrogens with one attached hydrogen (secondary N) is 1. The van der Waals surface area contributed by atoms with Crippen molar-refractivity contribution >= 4 is 23.3 Å². The number of carbonyl (C=O) groups excluding carboxylic acids is 1. The number of anilines is 1. The van der Waals surface area contributed by atoms with Crippen LogP contribution in [0.5, 0.6) is 0 Å². The van der Waals surface area contributed by atoms with Gasteiger partial charge in [0, 0.05) is 23.4 Å². The first kappa shape index (κ1) is 18.3. The molecule has 7 heteroatoms. The Bertz CT molecular complexity index is 956. The fraction of sp³-hybridized carbons (Fsp3) is 0.286. The van der Waals surface area contributed by atoms with Gasteiger partial charge in [0.25, 0.3) is 0 Å². The van der Waals surface area contributed by atoms with Gasteiger partial charge in [-0.3, -0.25) is 19.5 Å². The van der Waals surface area contributed by atoms with E-state index in [1.54, 1.807) is 17.0 Å². The number of likely N-dealkylation sites (tertiary alicyclic amines) is 1. The minimum atomic E-state index is -0.882. The zero-order chi connectivity index (χ0) is 19.7. The molecule has 1 saturated heterocycles. The molecule has 1 unspecified atom stereocenters. The maximum Gasteiger partial charge on any atom is 0.317 e. The SMILES string of the molecule is O=C(O)CN1CCC(C(=O)Nc2ccc3c(c2)C(c2ccc(F)cc2)=NC3)C1. The largest absolute Gasteiger partial charge is 0.480 e. The van der Waals surface area contributed by atoms with Crippen molar-refractivity contribution in [3.63, 3.8) is 0 Å². The number of carboxylic acid groups (broad SMARTS) is 1. The first-order chi connectivity index (χ1) is 13.5. The molecule has 6 nitrogen and oxygen atoms in total. The van der Waals surface area contributed by atoms with E-state index in [4.69, 9.17) is 5.11 Å². The molecule has 0 aliphatic carbocycles. The molecule has 1 fully saturated rings. The Morgan fingerprint density at radius 2 is 2.00 bits per heavy atom. The van der Waals surface area contributed by atoms with Gasteiger partial charge in [0.1, 0.15) is 5.82 Å². The number of carboxylic acids is 1. The van der Waals surface area contributed by atoms with Crippen LogP contribution in [0.3, 0.4) is 0 Å². The number of benzene rings is 2. The van der Waals surface area contributed by atoms with Gasteiger partial charge < -0.3 is 10.4 Å². The molecule has 0 spiro atoms. The zero-order valence-electron chi connectivity index (χ0n) is 15.2. The second kappa shape index (κ2) is 7.52. The number of hydrogen-bond acceptors (Lipinski definition) is 4. The molecule has 2 aromatic rings. The van der Waals surface area contributed by atoms with E-state index < -0.39 is 5.97 Å². The quantitative estimate of drug-likeness (QED) is 0.834. The van der Waals surface area contributed by atoms with E-state index in [2.05, 4.69) is 10.3 Å². The first-order valence-electron chi connectivity index (χ1n) is 9.18. The predicted octanol–water partition coefficient (Wildman–Crippen LogP) is 2.52. The van der Waals surface area contributed by atoms with Crippen molar-refractivity contribution in [2.75, 3.05) is 25.0 Å². The molecule has 1 amide bonds. The van der Waals surface area contributed by atoms with E-state index in [-0.39, 0.29) is 24.2 Å². The van der Waals surface area contributed by atoms with Gasteiger partial charge in [-0.05, 0) is 54.9 Å². The molecule has 0 saturated carbocycles. The Morgan fingerprint density at radius 3 is 2.75 bits per heavy atom. The monoisotopic (exact) mass is 381 g/mol. The number of nitrogens with zero attached hydrogens (tertiary/aromatic N) is 2. The highest BCUT2D eigenvalue weighted by atomic mass is 19.1. The average Bonchev–Trinajstić information content (AvgIpc) is 3.29. The Balaban J connectivity index is 1.47. The van der Waals surface area contributed by atoms with E-state index in [0.717, 1.165) is 22.4 Å². The fourth-order valence-electron chi connectivity index (χ4n) is 3.74. The lowest BCUT2D eigenvalue weighted by Gasteiger charge is -2.14. The molecule has 2 N–H and O–H groups in total. The van der Waals surface area contributed by atoms with Crippen LogP contribution >= 0.6 is 0 Å². The number of carbonyl (C=O) groups is 2. The van der Waals surface area contributed by atoms with Crippen LogP contribution < -0.4 is 5.32 Å². The lowest BCUT2D eigenvalue weighted by atomic mass is 9.99. The Kier molecular flexibility index (Phi) is 4.92. The van der Waals surface area contributed by atoms with Crippen LogP contribution in [0, 0.1) is 11.7 Å². The summed E-state index contributed by atoms with van der Waals surface area (Å²) in [6.45, 7) is 1.57. The summed E-state index contributed by atoms with van der Waals surface area (Å²) in [6.07, 6.45) is 0.645. The number of halogens is 1. The molecule has 0 bridgehead atoms. The molecule has 2 aliphatic heterocycles. The molecule has 2 aliphatic rings. The number of aliphatic imine (C=N–C) groups is 1. The number of fused-ring (bicyclic) bond motifs is 1. The highest BCUT2D eigenvalue weighted by Crippen LogP contribution is 2.27. The predicted molar refractivity (Wildman–Crippen MR) is 103 cm³/mol. The molecular formula is C21H20FN3O3. The molecule has 28 heavy (non-hydrogen) atoms. The van der Waals surface area contributed by atoms with Crippen molar-refractivity contribution < 1.29 is 19.1 Å². The number of hydrogen-bond donors (Lipinski definition) is 2. The average molecular weight is 381 g/mol. The molecule has 2 aromatic carbocycles. The molecule has 144 valence electrons. The van der Waals surface area contributed by atoms with E-state index in [1.807, 2.05) is 18.2 Å². The topological polar surface area (TPSA) is 82.0 Å². The molecule has 2 heterocycles. The van der Waals surface area contributed by atoms with Crippen LogP contribution in [0.25, 0.3) is 0 Å². The van der Waals surface area contributed by atoms with E-state index in [0.29, 0.717) is 31.7 Å². The molecule has 1 atom stereocenters. The standard InChI is InChI=1S/C21H20FN3O3/c22-16-4-1-13(2-5-16)20-18-9-17(6-3-14(18)10-23-20)24-21(28)15-7-8-25(11-15)12-19(26)27/h1-6,9,15H,7-8,10-12H2,(H,24,28)(H,26,27). The molecule has 0 radical (unpaired) electrons. The summed E-state index contributed by atoms with van der Waals surface area (Å²) in [7, 11) is 0. The Morgan fingerprint density at radius 1 is 1.21 bits per heavy atom. The second-order valence-electron chi connectivity index (χ2n) is 7.15. The normalized spacial score (nSPS) is 18.6. The van der Waals surface area contributed by atoms with E-state index in [9.17, 15) is 14.0 Å². The lowest BCUT2D eigenvalue weighted by Crippen LogP contribution is -2.30. The maximum atomic E-state index is 13.2. The van der Waals surface area contributed by atoms with Crippen molar-refractivity contribution in [3.05, 3.63) is 65.0 Å². The van der Waals surface area contributed by atoms with Crippen LogP contribution in [0.2, 0.25) is 0 Å². The highest BCUT2D eigenvalue weighted by molar-refractivity contribution is 6.15. The number of rotatable bonds is 5. The third-order valence-corrected chi connectivity index (χ3v) is 5.16. The summed E-state index contributed by atoms with van der Waals surface area (Å²) in [5.41, 5.74) is 4.30. The van der Waals surface area contributed by atoms with Crippen LogP contribution in [0.15, 0.2) is 47.5 Å². The van der Waals surface area contributed by atoms with E-state index >= 15 is 0 Å². The fourth-order valence-corrected chi connectivity index (χ4v) is 3.74. The number of amides is 1. The van der Waals surface area contributed by atoms with Gasteiger partial charge in [-0.1, -0.05) is 6.07 Å². The lowest BCUT2D eigenvalue weighted by molar-refractivity contribution is -0.138. The van der Waals surface area contributed by atoms with Crippen molar-refractivity contribution in [2.45, 2.75) is 13.0 Å². The second-order valence-corrected chi connectivity index (χ2v) is 7.15. The van der Waals surface area contributed by atoms with Crippen LogP contribution in [-0.2, 0) is 16.1 Å². The third kappa shape index (κ3) is 3.80. The first-order valence-corrected chi connectivity index (χ1v) is 9.18. The van der Waals surface area contributed by atoms with Crippen molar-refractivity contribution in [1.82, 2.24) is 4.90 Å². The summed E-state index contributed by atoms with van der Waals surface area (Å²) in [4.78, 5) is 29.7. The maximum absolute atomic E-state index is 13.2.